The molecule has 2 aromatic carbocycles. The van der Waals surface area contributed by atoms with Gasteiger partial charge in [0.15, 0.2) is 0 Å². The largest absolute Gasteiger partial charge is 0.462 e. The van der Waals surface area contributed by atoms with Gasteiger partial charge >= 0.3 is 0 Å². The van der Waals surface area contributed by atoms with Crippen molar-refractivity contribution >= 4 is 40.6 Å². The Morgan fingerprint density at radius 1 is 1.09 bits per heavy atom. The van der Waals surface area contributed by atoms with Crippen LogP contribution in [0.25, 0.3) is 0 Å². The Morgan fingerprint density at radius 3 is 2.22 bits per heavy atom. The van der Waals surface area contributed by atoms with E-state index < -0.39 is 0 Å². The lowest BCUT2D eigenvalue weighted by Crippen LogP contribution is -2.43. The minimum Gasteiger partial charge on any atom is -0.462 e. The van der Waals surface area contributed by atoms with Gasteiger partial charge in [-0.1, -0.05) is 29.3 Å². The average Bonchev–Trinajstić information content (AvgIpc) is 2.88. The van der Waals surface area contributed by atoms with Crippen LogP contribution in [0, 0.1) is 0 Å². The van der Waals surface area contributed by atoms with Crippen molar-refractivity contribution in [3.05, 3.63) is 71.2 Å². The lowest BCUT2D eigenvalue weighted by Gasteiger charge is -2.30. The Morgan fingerprint density at radius 2 is 1.65 bits per heavy atom. The van der Waals surface area contributed by atoms with E-state index in [1.807, 2.05) is 47.4 Å². The number of benzene rings is 2. The molecule has 0 N–H and O–H groups in total. The summed E-state index contributed by atoms with van der Waals surface area (Å²) in [7, 11) is 0. The number of hydrogen-bond donors (Lipinski definition) is 0. The second kappa shape index (κ2) is 6.26. The van der Waals surface area contributed by atoms with E-state index >= 15 is 0 Å². The fraction of sp³-hybridized carbons (Fsp3) is 0.167. The Bertz CT molecular complexity index is 741. The van der Waals surface area contributed by atoms with Crippen molar-refractivity contribution in [3.63, 3.8) is 0 Å². The zero-order valence-electron chi connectivity index (χ0n) is 12.7. The van der Waals surface area contributed by atoms with Gasteiger partial charge in [0.1, 0.15) is 6.61 Å². The van der Waals surface area contributed by atoms with Gasteiger partial charge in [0.05, 0.1) is 11.2 Å². The zero-order valence-corrected chi connectivity index (χ0v) is 14.2. The molecule has 0 aromatic heterocycles. The van der Waals surface area contributed by atoms with Crippen molar-refractivity contribution in [1.29, 1.82) is 0 Å². The molecule has 1 heterocycles. The van der Waals surface area contributed by atoms with Gasteiger partial charge in [-0.05, 0) is 55.5 Å². The van der Waals surface area contributed by atoms with Crippen LogP contribution in [0.5, 0.6) is 0 Å². The summed E-state index contributed by atoms with van der Waals surface area (Å²) >= 11 is 11.9. The van der Waals surface area contributed by atoms with E-state index in [0.717, 1.165) is 11.4 Å². The van der Waals surface area contributed by atoms with E-state index in [1.165, 1.54) is 0 Å². The van der Waals surface area contributed by atoms with Crippen LogP contribution in [0.1, 0.15) is 6.92 Å². The van der Waals surface area contributed by atoms with Crippen molar-refractivity contribution in [3.8, 4) is 0 Å². The lowest BCUT2D eigenvalue weighted by atomic mass is 10.0. The maximum absolute atomic E-state index is 5.99. The Labute approximate surface area is 145 Å². The number of rotatable bonds is 3. The summed E-state index contributed by atoms with van der Waals surface area (Å²) in [4.78, 5) is 6.62. The van der Waals surface area contributed by atoms with Crippen molar-refractivity contribution in [2.24, 2.45) is 4.99 Å². The molecule has 2 aromatic rings. The molecule has 1 aliphatic heterocycles. The second-order valence-corrected chi connectivity index (χ2v) is 6.41. The van der Waals surface area contributed by atoms with Crippen LogP contribution in [0.2, 0.25) is 10.0 Å². The standard InChI is InChI=1S/C18H16Cl2N2O/c1-3-18(2)12-23-17(21-15-8-4-13(19)5-9-15)22(18)16-10-6-14(20)7-11-16/h3-11H,1,12H2,2H3. The highest BCUT2D eigenvalue weighted by Gasteiger charge is 2.41. The SMILES string of the molecule is C=CC1(C)COC(=Nc2ccc(Cl)cc2)N1c1ccc(Cl)cc1. The van der Waals surface area contributed by atoms with Crippen LogP contribution in [0.4, 0.5) is 11.4 Å². The van der Waals surface area contributed by atoms with Crippen LogP contribution >= 0.6 is 23.2 Å². The first kappa shape index (κ1) is 15.9. The van der Waals surface area contributed by atoms with Gasteiger partial charge in [-0.3, -0.25) is 4.90 Å². The Hall–Kier alpha value is -1.97. The van der Waals surface area contributed by atoms with Crippen molar-refractivity contribution in [1.82, 2.24) is 0 Å². The molecule has 3 nitrogen and oxygen atoms in total. The lowest BCUT2D eigenvalue weighted by molar-refractivity contribution is 0.306. The van der Waals surface area contributed by atoms with Gasteiger partial charge in [0, 0.05) is 15.7 Å². The van der Waals surface area contributed by atoms with E-state index in [9.17, 15) is 0 Å². The molecule has 0 amide bonds. The van der Waals surface area contributed by atoms with E-state index in [0.29, 0.717) is 22.7 Å². The van der Waals surface area contributed by atoms with Crippen LogP contribution in [-0.2, 0) is 4.74 Å². The summed E-state index contributed by atoms with van der Waals surface area (Å²) in [6.45, 7) is 6.47. The van der Waals surface area contributed by atoms with E-state index in [4.69, 9.17) is 27.9 Å². The minimum atomic E-state index is -0.376. The van der Waals surface area contributed by atoms with Gasteiger partial charge in [0.2, 0.25) is 0 Å². The summed E-state index contributed by atoms with van der Waals surface area (Å²) in [5.41, 5.74) is 1.35. The first-order valence-electron chi connectivity index (χ1n) is 7.18. The summed E-state index contributed by atoms with van der Waals surface area (Å²) in [5, 5.41) is 1.36. The highest BCUT2D eigenvalue weighted by atomic mass is 35.5. The van der Waals surface area contributed by atoms with Crippen LogP contribution < -0.4 is 4.90 Å². The van der Waals surface area contributed by atoms with Crippen molar-refractivity contribution < 1.29 is 4.74 Å². The molecule has 1 aliphatic rings. The summed E-state index contributed by atoms with van der Waals surface area (Å²) in [5.74, 6) is 0. The Balaban J connectivity index is 2.03. The number of halogens is 2. The number of nitrogens with zero attached hydrogens (tertiary/aromatic N) is 2. The number of amidine groups is 1. The molecule has 118 valence electrons. The van der Waals surface area contributed by atoms with Crippen LogP contribution in [0.15, 0.2) is 66.2 Å². The fourth-order valence-electron chi connectivity index (χ4n) is 2.41. The van der Waals surface area contributed by atoms with Crippen molar-refractivity contribution in [2.75, 3.05) is 11.5 Å². The maximum Gasteiger partial charge on any atom is 0.298 e. The molecule has 0 aliphatic carbocycles. The average molecular weight is 347 g/mol. The second-order valence-electron chi connectivity index (χ2n) is 5.53. The third-order valence-electron chi connectivity index (χ3n) is 3.77. The molecule has 0 radical (unpaired) electrons. The number of hydrogen-bond acceptors (Lipinski definition) is 2. The van der Waals surface area contributed by atoms with E-state index in [2.05, 4.69) is 18.5 Å². The number of anilines is 1. The molecule has 1 fully saturated rings. The maximum atomic E-state index is 5.99. The molecular weight excluding hydrogens is 331 g/mol. The molecular formula is C18H16Cl2N2O. The summed E-state index contributed by atoms with van der Waals surface area (Å²) in [6, 6.07) is 15.4. The highest BCUT2D eigenvalue weighted by molar-refractivity contribution is 6.31. The van der Waals surface area contributed by atoms with Crippen LogP contribution in [-0.4, -0.2) is 18.2 Å². The molecule has 1 unspecified atom stereocenters. The first-order valence-corrected chi connectivity index (χ1v) is 7.94. The molecule has 0 spiro atoms. The van der Waals surface area contributed by atoms with E-state index in [-0.39, 0.29) is 5.54 Å². The zero-order chi connectivity index (χ0) is 16.4. The predicted molar refractivity (Wildman–Crippen MR) is 97.0 cm³/mol. The molecule has 3 rings (SSSR count). The number of aliphatic imine (C=N–C) groups is 1. The number of ether oxygens (including phenoxy) is 1. The minimum absolute atomic E-state index is 0.376. The van der Waals surface area contributed by atoms with E-state index in [1.54, 1.807) is 12.1 Å². The predicted octanol–water partition coefficient (Wildman–Crippen LogP) is 5.46. The summed E-state index contributed by atoms with van der Waals surface area (Å²) < 4.78 is 5.83. The summed E-state index contributed by atoms with van der Waals surface area (Å²) in [6.07, 6.45) is 1.87. The van der Waals surface area contributed by atoms with Crippen molar-refractivity contribution in [2.45, 2.75) is 12.5 Å². The van der Waals surface area contributed by atoms with Gasteiger partial charge in [-0.2, -0.15) is 4.99 Å². The molecule has 1 saturated heterocycles. The molecule has 5 heteroatoms. The first-order chi connectivity index (χ1) is 11.0. The topological polar surface area (TPSA) is 24.8 Å². The van der Waals surface area contributed by atoms with Gasteiger partial charge in [0.25, 0.3) is 6.02 Å². The molecule has 0 saturated carbocycles. The van der Waals surface area contributed by atoms with Gasteiger partial charge in [-0.15, -0.1) is 6.58 Å². The Kier molecular flexibility index (Phi) is 4.33. The highest BCUT2D eigenvalue weighted by Crippen LogP contribution is 2.33. The molecule has 1 atom stereocenters. The normalized spacial score (nSPS) is 22.2. The monoisotopic (exact) mass is 346 g/mol. The van der Waals surface area contributed by atoms with Crippen LogP contribution in [0.3, 0.4) is 0 Å². The fourth-order valence-corrected chi connectivity index (χ4v) is 2.66. The molecule has 23 heavy (non-hydrogen) atoms. The smallest absolute Gasteiger partial charge is 0.298 e. The van der Waals surface area contributed by atoms with Gasteiger partial charge < -0.3 is 4.74 Å². The third kappa shape index (κ3) is 3.21. The third-order valence-corrected chi connectivity index (χ3v) is 4.28. The molecule has 0 bridgehead atoms. The van der Waals surface area contributed by atoms with Gasteiger partial charge in [-0.25, -0.2) is 0 Å². The quantitative estimate of drug-likeness (QED) is 0.689.